The van der Waals surface area contributed by atoms with Crippen LogP contribution in [0.2, 0.25) is 0 Å². The van der Waals surface area contributed by atoms with Gasteiger partial charge in [-0.1, -0.05) is 36.9 Å². The summed E-state index contributed by atoms with van der Waals surface area (Å²) >= 11 is 1.38. The van der Waals surface area contributed by atoms with E-state index in [9.17, 15) is 4.79 Å². The van der Waals surface area contributed by atoms with Crippen LogP contribution in [0.15, 0.2) is 47.6 Å². The van der Waals surface area contributed by atoms with Crippen LogP contribution in [0, 0.1) is 0 Å². The Morgan fingerprint density at radius 2 is 2.00 bits per heavy atom. The van der Waals surface area contributed by atoms with Gasteiger partial charge in [0.05, 0.1) is 5.69 Å². The zero-order valence-electron chi connectivity index (χ0n) is 17.1. The number of nitrogens with zero attached hydrogens (tertiary/aromatic N) is 4. The molecule has 1 atom stereocenters. The molecule has 2 aliphatic rings. The molecule has 0 N–H and O–H groups in total. The summed E-state index contributed by atoms with van der Waals surface area (Å²) in [7, 11) is 0. The number of ether oxygens (including phenoxy) is 3. The van der Waals surface area contributed by atoms with Gasteiger partial charge >= 0.3 is 0 Å². The Hall–Kier alpha value is -3.33. The Balaban J connectivity index is 1.72. The Bertz CT molecular complexity index is 1160. The summed E-state index contributed by atoms with van der Waals surface area (Å²) in [6, 6.07) is 13.1. The monoisotopic (exact) mass is 436 g/mol. The Morgan fingerprint density at radius 3 is 2.84 bits per heavy atom. The molecule has 0 saturated heterocycles. The van der Waals surface area contributed by atoms with Crippen LogP contribution in [-0.2, 0) is 4.79 Å². The van der Waals surface area contributed by atoms with Crippen LogP contribution in [-0.4, -0.2) is 34.1 Å². The van der Waals surface area contributed by atoms with Crippen LogP contribution in [0.5, 0.6) is 17.4 Å². The third kappa shape index (κ3) is 3.44. The number of carbonyl (C=O) groups excluding carboxylic acids is 1. The van der Waals surface area contributed by atoms with Gasteiger partial charge in [0.15, 0.2) is 17.2 Å². The molecule has 9 heteroatoms. The maximum atomic E-state index is 13.3. The number of amides is 1. The van der Waals surface area contributed by atoms with Gasteiger partial charge in [-0.25, -0.2) is 0 Å². The highest BCUT2D eigenvalue weighted by Crippen LogP contribution is 2.45. The van der Waals surface area contributed by atoms with E-state index in [-0.39, 0.29) is 12.7 Å². The summed E-state index contributed by atoms with van der Waals surface area (Å²) in [6.45, 7) is 2.15. The van der Waals surface area contributed by atoms with Crippen molar-refractivity contribution in [1.82, 2.24) is 15.2 Å². The number of thioether (sulfide) groups is 1. The summed E-state index contributed by atoms with van der Waals surface area (Å²) in [5.41, 5.74) is 2.71. The second-order valence-electron chi connectivity index (χ2n) is 7.07. The standard InChI is InChI=1S/C22H20N4O4S/c1-3-6-18(27)26-15-8-5-4-7-14(15)19-20(23-22(31-2)25-24-19)30-21(26)13-9-10-16-17(11-13)29-12-28-16/h4-5,7-11,21H,3,6,12H2,1-2H3/t21-/m0/s1. The quantitative estimate of drug-likeness (QED) is 0.562. The van der Waals surface area contributed by atoms with E-state index in [1.807, 2.05) is 55.6 Å². The Morgan fingerprint density at radius 1 is 1.16 bits per heavy atom. The number of benzene rings is 2. The smallest absolute Gasteiger partial charge is 0.247 e. The summed E-state index contributed by atoms with van der Waals surface area (Å²) in [5, 5.41) is 9.05. The van der Waals surface area contributed by atoms with Crippen LogP contribution in [0.3, 0.4) is 0 Å². The highest BCUT2D eigenvalue weighted by atomic mass is 32.2. The molecule has 0 spiro atoms. The molecule has 8 nitrogen and oxygen atoms in total. The maximum absolute atomic E-state index is 13.3. The van der Waals surface area contributed by atoms with Gasteiger partial charge in [0.2, 0.25) is 30.0 Å². The molecule has 0 bridgehead atoms. The van der Waals surface area contributed by atoms with E-state index < -0.39 is 6.23 Å². The number of fused-ring (bicyclic) bond motifs is 4. The van der Waals surface area contributed by atoms with Crippen molar-refractivity contribution < 1.29 is 19.0 Å². The lowest BCUT2D eigenvalue weighted by atomic mass is 10.1. The zero-order valence-corrected chi connectivity index (χ0v) is 17.9. The Labute approximate surface area is 183 Å². The number of anilines is 1. The van der Waals surface area contributed by atoms with Crippen molar-refractivity contribution in [1.29, 1.82) is 0 Å². The average molecular weight is 436 g/mol. The summed E-state index contributed by atoms with van der Waals surface area (Å²) in [5.74, 6) is 1.57. The molecule has 31 heavy (non-hydrogen) atoms. The minimum Gasteiger partial charge on any atom is -0.454 e. The van der Waals surface area contributed by atoms with Crippen LogP contribution in [0.25, 0.3) is 11.3 Å². The summed E-state index contributed by atoms with van der Waals surface area (Å²) < 4.78 is 17.4. The minimum absolute atomic E-state index is 0.0523. The van der Waals surface area contributed by atoms with Crippen molar-refractivity contribution in [2.75, 3.05) is 17.9 Å². The molecule has 0 unspecified atom stereocenters. The van der Waals surface area contributed by atoms with Gasteiger partial charge in [-0.2, -0.15) is 4.98 Å². The van der Waals surface area contributed by atoms with Gasteiger partial charge < -0.3 is 14.2 Å². The molecule has 3 heterocycles. The number of rotatable bonds is 4. The number of carbonyl (C=O) groups is 1. The number of hydrogen-bond donors (Lipinski definition) is 0. The molecule has 158 valence electrons. The van der Waals surface area contributed by atoms with Gasteiger partial charge in [0.25, 0.3) is 0 Å². The highest BCUT2D eigenvalue weighted by Gasteiger charge is 2.36. The molecule has 0 fully saturated rings. The van der Waals surface area contributed by atoms with E-state index in [0.29, 0.717) is 46.8 Å². The van der Waals surface area contributed by atoms with Gasteiger partial charge in [-0.3, -0.25) is 9.69 Å². The van der Waals surface area contributed by atoms with Gasteiger partial charge in [0.1, 0.15) is 0 Å². The van der Waals surface area contributed by atoms with Crippen LogP contribution < -0.4 is 19.1 Å². The van der Waals surface area contributed by atoms with E-state index in [0.717, 1.165) is 11.1 Å². The number of aromatic nitrogens is 3. The van der Waals surface area contributed by atoms with E-state index in [1.165, 1.54) is 11.8 Å². The third-order valence-corrected chi connectivity index (χ3v) is 5.65. The van der Waals surface area contributed by atoms with Gasteiger partial charge in [-0.15, -0.1) is 10.2 Å². The predicted octanol–water partition coefficient (Wildman–Crippen LogP) is 4.21. The first kappa shape index (κ1) is 19.6. The van der Waals surface area contributed by atoms with Crippen molar-refractivity contribution in [2.24, 2.45) is 0 Å². The molecule has 1 aromatic heterocycles. The summed E-state index contributed by atoms with van der Waals surface area (Å²) in [4.78, 5) is 19.6. The van der Waals surface area contributed by atoms with Crippen LogP contribution in [0.1, 0.15) is 31.6 Å². The first-order chi connectivity index (χ1) is 15.2. The van der Waals surface area contributed by atoms with E-state index in [2.05, 4.69) is 15.2 Å². The fraction of sp³-hybridized carbons (Fsp3) is 0.273. The van der Waals surface area contributed by atoms with Gasteiger partial charge in [0, 0.05) is 17.5 Å². The second-order valence-corrected chi connectivity index (χ2v) is 7.84. The minimum atomic E-state index is -0.748. The van der Waals surface area contributed by atoms with Crippen LogP contribution in [0.4, 0.5) is 5.69 Å². The van der Waals surface area contributed by atoms with E-state index in [4.69, 9.17) is 14.2 Å². The molecule has 2 aliphatic heterocycles. The molecular weight excluding hydrogens is 416 g/mol. The first-order valence-electron chi connectivity index (χ1n) is 9.96. The highest BCUT2D eigenvalue weighted by molar-refractivity contribution is 7.98. The molecule has 2 aromatic carbocycles. The maximum Gasteiger partial charge on any atom is 0.247 e. The fourth-order valence-electron chi connectivity index (χ4n) is 3.69. The van der Waals surface area contributed by atoms with E-state index >= 15 is 0 Å². The largest absolute Gasteiger partial charge is 0.454 e. The number of hydrogen-bond acceptors (Lipinski definition) is 8. The van der Waals surface area contributed by atoms with Crippen molar-refractivity contribution >= 4 is 23.4 Å². The van der Waals surface area contributed by atoms with Gasteiger partial charge in [-0.05, 0) is 36.9 Å². The lowest BCUT2D eigenvalue weighted by molar-refractivity contribution is -0.120. The zero-order chi connectivity index (χ0) is 21.4. The predicted molar refractivity (Wildman–Crippen MR) is 115 cm³/mol. The van der Waals surface area contributed by atoms with E-state index in [1.54, 1.807) is 4.90 Å². The van der Waals surface area contributed by atoms with Crippen molar-refractivity contribution in [3.05, 3.63) is 48.0 Å². The average Bonchev–Trinajstić information content (AvgIpc) is 3.21. The molecule has 1 amide bonds. The normalized spacial score (nSPS) is 16.2. The lowest BCUT2D eigenvalue weighted by Gasteiger charge is -2.31. The second kappa shape index (κ2) is 8.07. The van der Waals surface area contributed by atoms with Crippen molar-refractivity contribution in [3.63, 3.8) is 0 Å². The summed E-state index contributed by atoms with van der Waals surface area (Å²) in [6.07, 6.45) is 2.22. The third-order valence-electron chi connectivity index (χ3n) is 5.11. The lowest BCUT2D eigenvalue weighted by Crippen LogP contribution is -2.37. The molecule has 0 radical (unpaired) electrons. The SMILES string of the molecule is CCCC(=O)N1c2ccccc2-c2nnc(SC)nc2O[C@H]1c1ccc2c(c1)OCO2. The van der Waals surface area contributed by atoms with Crippen LogP contribution >= 0.6 is 11.8 Å². The molecule has 3 aromatic rings. The van der Waals surface area contributed by atoms with Crippen molar-refractivity contribution in [2.45, 2.75) is 31.1 Å². The number of para-hydroxylation sites is 1. The van der Waals surface area contributed by atoms with Crippen molar-refractivity contribution in [3.8, 4) is 28.6 Å². The Kier molecular flexibility index (Phi) is 5.11. The topological polar surface area (TPSA) is 86.7 Å². The molecular formula is C22H20N4O4S. The molecule has 0 aliphatic carbocycles. The first-order valence-corrected chi connectivity index (χ1v) is 11.2. The molecule has 0 saturated carbocycles. The molecule has 5 rings (SSSR count). The fourth-order valence-corrected chi connectivity index (χ4v) is 3.98.